The molecular weight excluding hydrogens is 228 g/mol. The maximum Gasteiger partial charge on any atom is 0.122 e. The lowest BCUT2D eigenvalue weighted by molar-refractivity contribution is 0.318. The molecule has 2 rings (SSSR count). The number of amidine groups is 1. The van der Waals surface area contributed by atoms with Crippen LogP contribution < -0.4 is 10.5 Å². The number of aryl methyl sites for hydroxylation is 1. The van der Waals surface area contributed by atoms with E-state index in [0.717, 1.165) is 17.9 Å². The molecule has 1 heterocycles. The molecule has 5 heteroatoms. The van der Waals surface area contributed by atoms with Gasteiger partial charge in [0.25, 0.3) is 0 Å². The van der Waals surface area contributed by atoms with Crippen LogP contribution in [0.2, 0.25) is 0 Å². The van der Waals surface area contributed by atoms with Gasteiger partial charge in [0.2, 0.25) is 0 Å². The molecule has 0 aliphatic carbocycles. The molecule has 3 N–H and O–H groups in total. The molecule has 0 saturated carbocycles. The highest BCUT2D eigenvalue weighted by molar-refractivity contribution is 5.94. The van der Waals surface area contributed by atoms with Crippen LogP contribution in [-0.4, -0.2) is 22.2 Å². The molecule has 0 aliphatic heterocycles. The lowest BCUT2D eigenvalue weighted by atomic mass is 10.2. The molecule has 0 amide bonds. The van der Waals surface area contributed by atoms with Crippen LogP contribution in [0.5, 0.6) is 5.75 Å². The zero-order chi connectivity index (χ0) is 13.0. The van der Waals surface area contributed by atoms with Crippen LogP contribution in [-0.2, 0) is 13.5 Å². The summed E-state index contributed by atoms with van der Waals surface area (Å²) in [5.41, 5.74) is 7.21. The van der Waals surface area contributed by atoms with E-state index in [9.17, 15) is 0 Å². The normalized spacial score (nSPS) is 10.3. The Hall–Kier alpha value is -2.30. The lowest BCUT2D eigenvalue weighted by Crippen LogP contribution is -2.10. The van der Waals surface area contributed by atoms with Crippen molar-refractivity contribution >= 4 is 5.84 Å². The van der Waals surface area contributed by atoms with Crippen LogP contribution in [0, 0.1) is 5.41 Å². The Labute approximate surface area is 106 Å². The van der Waals surface area contributed by atoms with Crippen LogP contribution in [0.3, 0.4) is 0 Å². The van der Waals surface area contributed by atoms with E-state index in [2.05, 4.69) is 5.10 Å². The zero-order valence-electron chi connectivity index (χ0n) is 10.3. The van der Waals surface area contributed by atoms with Crippen LogP contribution in [0.15, 0.2) is 36.5 Å². The summed E-state index contributed by atoms with van der Waals surface area (Å²) in [6.07, 6.45) is 2.59. The van der Waals surface area contributed by atoms with Crippen LogP contribution in [0.4, 0.5) is 0 Å². The third kappa shape index (κ3) is 2.88. The van der Waals surface area contributed by atoms with E-state index in [1.54, 1.807) is 18.3 Å². The Kier molecular flexibility index (Phi) is 3.62. The standard InChI is InChI=1S/C13H16N4O/c1-17-11(6-8-16-17)7-9-18-12-4-2-10(3-5-12)13(14)15/h2-6,8H,7,9H2,1H3,(H3,14,15). The third-order valence-corrected chi connectivity index (χ3v) is 2.71. The van der Waals surface area contributed by atoms with Crippen molar-refractivity contribution in [2.24, 2.45) is 12.8 Å². The summed E-state index contributed by atoms with van der Waals surface area (Å²) < 4.78 is 7.45. The molecule has 0 atom stereocenters. The fourth-order valence-electron chi connectivity index (χ4n) is 1.65. The largest absolute Gasteiger partial charge is 0.493 e. The smallest absolute Gasteiger partial charge is 0.122 e. The number of nitrogens with one attached hydrogen (secondary N) is 1. The van der Waals surface area contributed by atoms with Gasteiger partial charge in [-0.15, -0.1) is 0 Å². The fraction of sp³-hybridized carbons (Fsp3) is 0.231. The summed E-state index contributed by atoms with van der Waals surface area (Å²) in [4.78, 5) is 0. The van der Waals surface area contributed by atoms with Gasteiger partial charge in [-0.25, -0.2) is 0 Å². The first kappa shape index (κ1) is 12.2. The molecule has 1 aromatic carbocycles. The van der Waals surface area contributed by atoms with Gasteiger partial charge in [0.1, 0.15) is 11.6 Å². The molecule has 0 radical (unpaired) electrons. The molecule has 0 fully saturated rings. The number of ether oxygens (including phenoxy) is 1. The lowest BCUT2D eigenvalue weighted by Gasteiger charge is -2.07. The number of aromatic nitrogens is 2. The molecule has 0 aliphatic rings. The van der Waals surface area contributed by atoms with Crippen LogP contribution >= 0.6 is 0 Å². The monoisotopic (exact) mass is 244 g/mol. The quantitative estimate of drug-likeness (QED) is 0.615. The number of nitrogens with two attached hydrogens (primary N) is 1. The second-order valence-corrected chi connectivity index (χ2v) is 3.98. The predicted octanol–water partition coefficient (Wildman–Crippen LogP) is 1.33. The summed E-state index contributed by atoms with van der Waals surface area (Å²) in [6.45, 7) is 0.596. The van der Waals surface area contributed by atoms with Crippen molar-refractivity contribution in [3.05, 3.63) is 47.8 Å². The molecule has 18 heavy (non-hydrogen) atoms. The molecule has 0 spiro atoms. The van der Waals surface area contributed by atoms with Crippen molar-refractivity contribution in [2.75, 3.05) is 6.61 Å². The van der Waals surface area contributed by atoms with Gasteiger partial charge in [-0.2, -0.15) is 5.10 Å². The van der Waals surface area contributed by atoms with Gasteiger partial charge in [0, 0.05) is 30.9 Å². The van der Waals surface area contributed by atoms with E-state index in [0.29, 0.717) is 12.2 Å². The number of hydrogen-bond acceptors (Lipinski definition) is 3. The second-order valence-electron chi connectivity index (χ2n) is 3.98. The van der Waals surface area contributed by atoms with Gasteiger partial charge in [-0.05, 0) is 30.3 Å². The molecule has 94 valence electrons. The Bertz CT molecular complexity index is 530. The second kappa shape index (κ2) is 5.35. The van der Waals surface area contributed by atoms with Gasteiger partial charge in [0.15, 0.2) is 0 Å². The van der Waals surface area contributed by atoms with Gasteiger partial charge in [-0.1, -0.05) is 0 Å². The molecular formula is C13H16N4O. The fourth-order valence-corrected chi connectivity index (χ4v) is 1.65. The summed E-state index contributed by atoms with van der Waals surface area (Å²) in [7, 11) is 1.91. The van der Waals surface area contributed by atoms with Crippen molar-refractivity contribution in [3.8, 4) is 5.75 Å². The van der Waals surface area contributed by atoms with Gasteiger partial charge >= 0.3 is 0 Å². The average Bonchev–Trinajstić information content (AvgIpc) is 2.76. The molecule has 5 nitrogen and oxygen atoms in total. The zero-order valence-corrected chi connectivity index (χ0v) is 10.3. The molecule has 0 saturated heterocycles. The maximum absolute atomic E-state index is 7.29. The number of rotatable bonds is 5. The summed E-state index contributed by atoms with van der Waals surface area (Å²) in [6, 6.07) is 9.17. The Morgan fingerprint density at radius 2 is 2.06 bits per heavy atom. The van der Waals surface area contributed by atoms with E-state index in [1.807, 2.05) is 29.9 Å². The number of nitrogens with zero attached hydrogens (tertiary/aromatic N) is 2. The average molecular weight is 244 g/mol. The maximum atomic E-state index is 7.29. The molecule has 0 unspecified atom stereocenters. The van der Waals surface area contributed by atoms with Crippen molar-refractivity contribution in [1.29, 1.82) is 5.41 Å². The van der Waals surface area contributed by atoms with Crippen LogP contribution in [0.25, 0.3) is 0 Å². The van der Waals surface area contributed by atoms with Gasteiger partial charge < -0.3 is 10.5 Å². The molecule has 1 aromatic heterocycles. The van der Waals surface area contributed by atoms with Crippen molar-refractivity contribution < 1.29 is 4.74 Å². The van der Waals surface area contributed by atoms with Crippen LogP contribution in [0.1, 0.15) is 11.3 Å². The summed E-state index contributed by atoms with van der Waals surface area (Å²) in [5.74, 6) is 0.846. The third-order valence-electron chi connectivity index (χ3n) is 2.71. The topological polar surface area (TPSA) is 76.9 Å². The van der Waals surface area contributed by atoms with Gasteiger partial charge in [0.05, 0.1) is 6.61 Å². The first-order valence-corrected chi connectivity index (χ1v) is 5.71. The molecule has 0 bridgehead atoms. The van der Waals surface area contributed by atoms with E-state index in [1.165, 1.54) is 0 Å². The minimum absolute atomic E-state index is 0.0661. The Morgan fingerprint density at radius 1 is 1.33 bits per heavy atom. The number of hydrogen-bond donors (Lipinski definition) is 2. The first-order chi connectivity index (χ1) is 8.66. The Balaban J connectivity index is 1.87. The number of benzene rings is 1. The SMILES string of the molecule is Cn1nccc1CCOc1ccc(C(=N)N)cc1. The first-order valence-electron chi connectivity index (χ1n) is 5.71. The number of nitrogen functional groups attached to an aromatic ring is 1. The summed E-state index contributed by atoms with van der Waals surface area (Å²) >= 11 is 0. The van der Waals surface area contributed by atoms with Crippen molar-refractivity contribution in [3.63, 3.8) is 0 Å². The highest BCUT2D eigenvalue weighted by Gasteiger charge is 2.00. The highest BCUT2D eigenvalue weighted by atomic mass is 16.5. The van der Waals surface area contributed by atoms with Crippen molar-refractivity contribution in [2.45, 2.75) is 6.42 Å². The van der Waals surface area contributed by atoms with Crippen molar-refractivity contribution in [1.82, 2.24) is 9.78 Å². The molecule has 2 aromatic rings. The minimum Gasteiger partial charge on any atom is -0.493 e. The van der Waals surface area contributed by atoms with E-state index >= 15 is 0 Å². The van der Waals surface area contributed by atoms with E-state index in [4.69, 9.17) is 15.9 Å². The van der Waals surface area contributed by atoms with E-state index in [-0.39, 0.29) is 5.84 Å². The minimum atomic E-state index is 0.0661. The highest BCUT2D eigenvalue weighted by Crippen LogP contribution is 2.12. The predicted molar refractivity (Wildman–Crippen MR) is 69.9 cm³/mol. The van der Waals surface area contributed by atoms with E-state index < -0.39 is 0 Å². The van der Waals surface area contributed by atoms with Gasteiger partial charge in [-0.3, -0.25) is 10.1 Å². The Morgan fingerprint density at radius 3 is 2.61 bits per heavy atom. The summed E-state index contributed by atoms with van der Waals surface area (Å²) in [5, 5.41) is 11.4.